The first-order chi connectivity index (χ1) is 14.6. The average molecular weight is 399 g/mol. The van der Waals surface area contributed by atoms with Crippen molar-refractivity contribution in [3.8, 4) is 22.6 Å². The van der Waals surface area contributed by atoms with Gasteiger partial charge >= 0.3 is 0 Å². The van der Waals surface area contributed by atoms with Gasteiger partial charge in [0.05, 0.1) is 5.56 Å². The number of hydrogen-bond donors (Lipinski definition) is 1. The lowest BCUT2D eigenvalue weighted by Crippen LogP contribution is -2.22. The van der Waals surface area contributed by atoms with Crippen molar-refractivity contribution in [1.29, 1.82) is 0 Å². The molecule has 1 amide bonds. The molecule has 2 aromatic heterocycles. The lowest BCUT2D eigenvalue weighted by molar-refractivity contribution is 0.0950. The van der Waals surface area contributed by atoms with Crippen LogP contribution in [-0.4, -0.2) is 35.2 Å². The van der Waals surface area contributed by atoms with Crippen LogP contribution >= 0.6 is 0 Å². The summed E-state index contributed by atoms with van der Waals surface area (Å²) in [5.41, 5.74) is 5.35. The van der Waals surface area contributed by atoms with Crippen LogP contribution in [0.1, 0.15) is 15.9 Å². The molecule has 1 N–H and O–H groups in total. The van der Waals surface area contributed by atoms with E-state index in [0.717, 1.165) is 27.9 Å². The first-order valence-electron chi connectivity index (χ1n) is 9.46. The van der Waals surface area contributed by atoms with E-state index in [9.17, 15) is 4.79 Å². The number of pyridine rings is 1. The van der Waals surface area contributed by atoms with Gasteiger partial charge in [-0.1, -0.05) is 24.3 Å². The number of nitrogens with one attached hydrogen (secondary N) is 1. The third kappa shape index (κ3) is 4.35. The van der Waals surface area contributed by atoms with E-state index in [1.165, 1.54) is 6.39 Å². The lowest BCUT2D eigenvalue weighted by Gasteiger charge is -2.13. The van der Waals surface area contributed by atoms with Crippen molar-refractivity contribution in [1.82, 2.24) is 20.5 Å². The van der Waals surface area contributed by atoms with Gasteiger partial charge in [0, 0.05) is 49.8 Å². The van der Waals surface area contributed by atoms with E-state index in [1.54, 1.807) is 12.4 Å². The molecule has 4 rings (SSSR count). The molecule has 7 heteroatoms. The van der Waals surface area contributed by atoms with E-state index in [4.69, 9.17) is 4.42 Å². The number of rotatable bonds is 6. The number of carbonyl (C=O) groups is 1. The van der Waals surface area contributed by atoms with Crippen LogP contribution in [0.3, 0.4) is 0 Å². The number of carbonyl (C=O) groups excluding carboxylic acids is 1. The van der Waals surface area contributed by atoms with Crippen LogP contribution < -0.4 is 10.2 Å². The van der Waals surface area contributed by atoms with E-state index < -0.39 is 0 Å². The number of amides is 1. The summed E-state index contributed by atoms with van der Waals surface area (Å²) in [5, 5.41) is 10.5. The van der Waals surface area contributed by atoms with Crippen molar-refractivity contribution in [2.45, 2.75) is 6.54 Å². The lowest BCUT2D eigenvalue weighted by atomic mass is 10.1. The van der Waals surface area contributed by atoms with Gasteiger partial charge in [-0.15, -0.1) is 10.2 Å². The SMILES string of the molecule is CN(C)c1ccc(-c2cncc(C(=O)NCc3ccc(-c4nnco4)cc3)c2)cc1. The monoisotopic (exact) mass is 399 g/mol. The van der Waals surface area contributed by atoms with Crippen LogP contribution in [-0.2, 0) is 6.54 Å². The minimum Gasteiger partial charge on any atom is -0.423 e. The van der Waals surface area contributed by atoms with Crippen molar-refractivity contribution < 1.29 is 9.21 Å². The summed E-state index contributed by atoms with van der Waals surface area (Å²) >= 11 is 0. The second-order valence-electron chi connectivity index (χ2n) is 7.03. The molecule has 0 aliphatic rings. The largest absolute Gasteiger partial charge is 0.423 e. The van der Waals surface area contributed by atoms with Crippen LogP contribution in [0.15, 0.2) is 77.8 Å². The summed E-state index contributed by atoms with van der Waals surface area (Å²) in [4.78, 5) is 18.9. The quantitative estimate of drug-likeness (QED) is 0.531. The molecule has 4 aromatic rings. The second kappa shape index (κ2) is 8.57. The Kier molecular flexibility index (Phi) is 5.52. The Labute approximate surface area is 174 Å². The van der Waals surface area contributed by atoms with Gasteiger partial charge in [-0.2, -0.15) is 0 Å². The molecule has 150 valence electrons. The summed E-state index contributed by atoms with van der Waals surface area (Å²) in [6.07, 6.45) is 4.63. The van der Waals surface area contributed by atoms with Crippen LogP contribution in [0.2, 0.25) is 0 Å². The molecule has 2 aromatic carbocycles. The Morgan fingerprint density at radius 1 is 0.967 bits per heavy atom. The van der Waals surface area contributed by atoms with E-state index >= 15 is 0 Å². The topological polar surface area (TPSA) is 84.2 Å². The highest BCUT2D eigenvalue weighted by atomic mass is 16.4. The molecule has 7 nitrogen and oxygen atoms in total. The predicted molar refractivity (Wildman–Crippen MR) is 115 cm³/mol. The zero-order valence-corrected chi connectivity index (χ0v) is 16.7. The summed E-state index contributed by atoms with van der Waals surface area (Å²) < 4.78 is 5.18. The molecule has 0 saturated carbocycles. The van der Waals surface area contributed by atoms with Gasteiger partial charge in [0.25, 0.3) is 5.91 Å². The Bertz CT molecular complexity index is 1120. The molecular formula is C23H21N5O2. The van der Waals surface area contributed by atoms with E-state index in [1.807, 2.05) is 73.6 Å². The summed E-state index contributed by atoms with van der Waals surface area (Å²) in [6.45, 7) is 0.407. The average Bonchev–Trinajstić information content (AvgIpc) is 3.33. The highest BCUT2D eigenvalue weighted by molar-refractivity contribution is 5.95. The Morgan fingerprint density at radius 2 is 1.70 bits per heavy atom. The maximum absolute atomic E-state index is 12.6. The van der Waals surface area contributed by atoms with Crippen LogP contribution in [0.4, 0.5) is 5.69 Å². The molecule has 0 saturated heterocycles. The van der Waals surface area contributed by atoms with Crippen LogP contribution in [0.25, 0.3) is 22.6 Å². The zero-order valence-electron chi connectivity index (χ0n) is 16.7. The van der Waals surface area contributed by atoms with Crippen molar-refractivity contribution in [2.75, 3.05) is 19.0 Å². The summed E-state index contributed by atoms with van der Waals surface area (Å²) in [6, 6.07) is 17.6. The molecule has 0 aliphatic carbocycles. The van der Waals surface area contributed by atoms with Crippen LogP contribution in [0, 0.1) is 0 Å². The fourth-order valence-corrected chi connectivity index (χ4v) is 3.02. The van der Waals surface area contributed by atoms with E-state index in [0.29, 0.717) is 18.0 Å². The van der Waals surface area contributed by atoms with Crippen molar-refractivity contribution in [3.05, 3.63) is 84.5 Å². The third-order valence-electron chi connectivity index (χ3n) is 4.73. The Morgan fingerprint density at radius 3 is 2.37 bits per heavy atom. The maximum atomic E-state index is 12.6. The van der Waals surface area contributed by atoms with Crippen molar-refractivity contribution in [3.63, 3.8) is 0 Å². The molecular weight excluding hydrogens is 378 g/mol. The fourth-order valence-electron chi connectivity index (χ4n) is 3.02. The molecule has 0 spiro atoms. The first-order valence-corrected chi connectivity index (χ1v) is 9.46. The Hall–Kier alpha value is -4.00. The van der Waals surface area contributed by atoms with Gasteiger partial charge in [0.1, 0.15) is 0 Å². The second-order valence-corrected chi connectivity index (χ2v) is 7.03. The predicted octanol–water partition coefficient (Wildman–Crippen LogP) is 3.79. The van der Waals surface area contributed by atoms with Gasteiger partial charge < -0.3 is 14.6 Å². The summed E-state index contributed by atoms with van der Waals surface area (Å²) in [7, 11) is 4.00. The third-order valence-corrected chi connectivity index (χ3v) is 4.73. The number of nitrogens with zero attached hydrogens (tertiary/aromatic N) is 4. The van der Waals surface area contributed by atoms with Gasteiger partial charge in [-0.05, 0) is 41.5 Å². The number of benzene rings is 2. The molecule has 0 aliphatic heterocycles. The molecule has 0 radical (unpaired) electrons. The van der Waals surface area contributed by atoms with Crippen molar-refractivity contribution >= 4 is 11.6 Å². The van der Waals surface area contributed by atoms with Crippen LogP contribution in [0.5, 0.6) is 0 Å². The van der Waals surface area contributed by atoms with Gasteiger partial charge in [0.15, 0.2) is 0 Å². The fraction of sp³-hybridized carbons (Fsp3) is 0.130. The molecule has 0 unspecified atom stereocenters. The standard InChI is InChI=1S/C23H21N5O2/c1-28(2)21-9-7-17(8-10-21)19-11-20(14-24-13-19)22(29)25-12-16-3-5-18(6-4-16)23-27-26-15-30-23/h3-11,13-15H,12H2,1-2H3,(H,25,29). The molecule has 2 heterocycles. The number of anilines is 1. The van der Waals surface area contributed by atoms with E-state index in [-0.39, 0.29) is 5.91 Å². The Balaban J connectivity index is 1.42. The van der Waals surface area contributed by atoms with Gasteiger partial charge in [-0.3, -0.25) is 9.78 Å². The number of aromatic nitrogens is 3. The zero-order chi connectivity index (χ0) is 20.9. The van der Waals surface area contributed by atoms with Crippen molar-refractivity contribution in [2.24, 2.45) is 0 Å². The summed E-state index contributed by atoms with van der Waals surface area (Å²) in [5.74, 6) is 0.294. The normalized spacial score (nSPS) is 10.6. The highest BCUT2D eigenvalue weighted by Crippen LogP contribution is 2.22. The van der Waals surface area contributed by atoms with Gasteiger partial charge in [0.2, 0.25) is 12.3 Å². The minimum atomic E-state index is -0.171. The first kappa shape index (κ1) is 19.3. The smallest absolute Gasteiger partial charge is 0.253 e. The molecule has 0 fully saturated rings. The molecule has 30 heavy (non-hydrogen) atoms. The number of hydrogen-bond acceptors (Lipinski definition) is 6. The maximum Gasteiger partial charge on any atom is 0.253 e. The van der Waals surface area contributed by atoms with Gasteiger partial charge in [-0.25, -0.2) is 0 Å². The molecule has 0 atom stereocenters. The molecule has 0 bridgehead atoms. The highest BCUT2D eigenvalue weighted by Gasteiger charge is 2.09. The van der Waals surface area contributed by atoms with E-state index in [2.05, 4.69) is 20.5 Å². The minimum absolute atomic E-state index is 0.171.